The normalized spacial score (nSPS) is 10.9. The van der Waals surface area contributed by atoms with Crippen molar-refractivity contribution in [1.29, 1.82) is 0 Å². The number of nitrogens with zero attached hydrogens (tertiary/aromatic N) is 2. The average molecular weight is 213 g/mol. The summed E-state index contributed by atoms with van der Waals surface area (Å²) >= 11 is 1.47. The molecule has 0 amide bonds. The van der Waals surface area contributed by atoms with Gasteiger partial charge >= 0.3 is 0 Å². The maximum atomic E-state index is 4.42. The number of aromatic nitrogens is 2. The van der Waals surface area contributed by atoms with Gasteiger partial charge in [0.25, 0.3) is 0 Å². The van der Waals surface area contributed by atoms with E-state index < -0.39 is 0 Å². The maximum Gasteiger partial charge on any atom is 0.202 e. The van der Waals surface area contributed by atoms with E-state index in [9.17, 15) is 0 Å². The number of hydrogen-bond donors (Lipinski definition) is 1. The van der Waals surface area contributed by atoms with Gasteiger partial charge in [0.05, 0.1) is 0 Å². The van der Waals surface area contributed by atoms with Crippen LogP contribution in [0.25, 0.3) is 0 Å². The molecular formula is C10H19N3S. The van der Waals surface area contributed by atoms with Gasteiger partial charge in [-0.05, 0) is 18.8 Å². The van der Waals surface area contributed by atoms with Crippen molar-refractivity contribution in [3.63, 3.8) is 0 Å². The van der Waals surface area contributed by atoms with Crippen LogP contribution in [-0.4, -0.2) is 15.9 Å². The van der Waals surface area contributed by atoms with E-state index in [2.05, 4.69) is 35.4 Å². The summed E-state index contributed by atoms with van der Waals surface area (Å²) < 4.78 is 4.31. The van der Waals surface area contributed by atoms with Crippen molar-refractivity contribution in [2.45, 2.75) is 40.0 Å². The molecule has 0 radical (unpaired) electrons. The Kier molecular flexibility index (Phi) is 4.87. The van der Waals surface area contributed by atoms with Crippen LogP contribution in [0.15, 0.2) is 0 Å². The number of hydrogen-bond acceptors (Lipinski definition) is 4. The summed E-state index contributed by atoms with van der Waals surface area (Å²) in [5.41, 5.74) is 0. The zero-order valence-corrected chi connectivity index (χ0v) is 10.0. The first kappa shape index (κ1) is 11.4. The summed E-state index contributed by atoms with van der Waals surface area (Å²) in [6.07, 6.45) is 3.30. The van der Waals surface area contributed by atoms with Gasteiger partial charge in [-0.15, -0.1) is 0 Å². The Morgan fingerprint density at radius 3 is 2.86 bits per heavy atom. The SMILES string of the molecule is CCCNc1nc(CCC(C)C)ns1. The van der Waals surface area contributed by atoms with Crippen molar-refractivity contribution in [2.75, 3.05) is 11.9 Å². The second kappa shape index (κ2) is 5.96. The van der Waals surface area contributed by atoms with E-state index in [1.165, 1.54) is 18.0 Å². The van der Waals surface area contributed by atoms with Crippen molar-refractivity contribution in [3.05, 3.63) is 5.82 Å². The third-order valence-electron chi connectivity index (χ3n) is 1.94. The minimum Gasteiger partial charge on any atom is -0.360 e. The third-order valence-corrected chi connectivity index (χ3v) is 2.65. The Hall–Kier alpha value is -0.640. The molecule has 0 unspecified atom stereocenters. The molecule has 1 heterocycles. The van der Waals surface area contributed by atoms with Crippen molar-refractivity contribution in [1.82, 2.24) is 9.36 Å². The number of rotatable bonds is 6. The van der Waals surface area contributed by atoms with Crippen LogP contribution in [0, 0.1) is 5.92 Å². The molecule has 0 aliphatic heterocycles. The molecule has 0 aromatic carbocycles. The van der Waals surface area contributed by atoms with Crippen LogP contribution in [0.2, 0.25) is 0 Å². The smallest absolute Gasteiger partial charge is 0.202 e. The highest BCUT2D eigenvalue weighted by atomic mass is 32.1. The molecule has 0 bridgehead atoms. The van der Waals surface area contributed by atoms with E-state index in [0.29, 0.717) is 0 Å². The predicted octanol–water partition coefficient (Wildman–Crippen LogP) is 2.95. The van der Waals surface area contributed by atoms with E-state index in [0.717, 1.165) is 36.3 Å². The number of aryl methyl sites for hydroxylation is 1. The fraction of sp³-hybridized carbons (Fsp3) is 0.800. The summed E-state index contributed by atoms with van der Waals surface area (Å²) in [7, 11) is 0. The molecule has 0 fully saturated rings. The van der Waals surface area contributed by atoms with Crippen molar-refractivity contribution >= 4 is 16.7 Å². The van der Waals surface area contributed by atoms with Gasteiger partial charge in [0.2, 0.25) is 5.13 Å². The van der Waals surface area contributed by atoms with E-state index in [-0.39, 0.29) is 0 Å². The van der Waals surface area contributed by atoms with Crippen LogP contribution in [-0.2, 0) is 6.42 Å². The molecule has 1 aromatic rings. The molecule has 1 N–H and O–H groups in total. The van der Waals surface area contributed by atoms with E-state index >= 15 is 0 Å². The van der Waals surface area contributed by atoms with Crippen molar-refractivity contribution < 1.29 is 0 Å². The zero-order valence-electron chi connectivity index (χ0n) is 9.21. The van der Waals surface area contributed by atoms with Crippen LogP contribution >= 0.6 is 11.5 Å². The topological polar surface area (TPSA) is 37.8 Å². The first-order valence-corrected chi connectivity index (χ1v) is 6.06. The lowest BCUT2D eigenvalue weighted by molar-refractivity contribution is 0.577. The van der Waals surface area contributed by atoms with Crippen LogP contribution < -0.4 is 5.32 Å². The Bertz CT molecular complexity index is 258. The quantitative estimate of drug-likeness (QED) is 0.789. The molecule has 0 saturated heterocycles. The van der Waals surface area contributed by atoms with E-state index in [4.69, 9.17) is 0 Å². The monoisotopic (exact) mass is 213 g/mol. The van der Waals surface area contributed by atoms with Crippen LogP contribution in [0.3, 0.4) is 0 Å². The minimum absolute atomic E-state index is 0.727. The van der Waals surface area contributed by atoms with E-state index in [1.807, 2.05) is 0 Å². The van der Waals surface area contributed by atoms with Gasteiger partial charge in [-0.2, -0.15) is 4.37 Å². The molecule has 0 aliphatic carbocycles. The Labute approximate surface area is 90.1 Å². The average Bonchev–Trinajstić information content (AvgIpc) is 2.59. The molecule has 0 spiro atoms. The Morgan fingerprint density at radius 1 is 1.43 bits per heavy atom. The highest BCUT2D eigenvalue weighted by molar-refractivity contribution is 7.09. The summed E-state index contributed by atoms with van der Waals surface area (Å²) in [6.45, 7) is 7.58. The zero-order chi connectivity index (χ0) is 10.4. The van der Waals surface area contributed by atoms with Gasteiger partial charge in [0, 0.05) is 24.5 Å². The molecule has 80 valence electrons. The first-order valence-electron chi connectivity index (χ1n) is 5.28. The van der Waals surface area contributed by atoms with Gasteiger partial charge < -0.3 is 5.32 Å². The van der Waals surface area contributed by atoms with Crippen molar-refractivity contribution in [3.8, 4) is 0 Å². The molecule has 4 heteroatoms. The maximum absolute atomic E-state index is 4.42. The van der Waals surface area contributed by atoms with Crippen LogP contribution in [0.4, 0.5) is 5.13 Å². The lowest BCUT2D eigenvalue weighted by Gasteiger charge is -1.99. The largest absolute Gasteiger partial charge is 0.360 e. The number of nitrogens with one attached hydrogen (secondary N) is 1. The lowest BCUT2D eigenvalue weighted by Crippen LogP contribution is -1.99. The summed E-state index contributed by atoms with van der Waals surface area (Å²) in [6, 6.07) is 0. The van der Waals surface area contributed by atoms with Crippen LogP contribution in [0.5, 0.6) is 0 Å². The van der Waals surface area contributed by atoms with Gasteiger partial charge in [-0.3, -0.25) is 0 Å². The summed E-state index contributed by atoms with van der Waals surface area (Å²) in [4.78, 5) is 4.42. The van der Waals surface area contributed by atoms with E-state index in [1.54, 1.807) is 0 Å². The van der Waals surface area contributed by atoms with Crippen LogP contribution in [0.1, 0.15) is 39.4 Å². The molecule has 0 atom stereocenters. The second-order valence-electron chi connectivity index (χ2n) is 3.88. The van der Waals surface area contributed by atoms with Gasteiger partial charge in [-0.1, -0.05) is 20.8 Å². The first-order chi connectivity index (χ1) is 6.72. The van der Waals surface area contributed by atoms with Gasteiger partial charge in [0.1, 0.15) is 5.82 Å². The standard InChI is InChI=1S/C10H19N3S/c1-4-7-11-10-12-9(13-14-10)6-5-8(2)3/h8H,4-7H2,1-3H3,(H,11,12,13). The fourth-order valence-electron chi connectivity index (χ4n) is 1.08. The minimum atomic E-state index is 0.727. The highest BCUT2D eigenvalue weighted by Crippen LogP contribution is 2.13. The molecule has 0 aliphatic rings. The molecule has 14 heavy (non-hydrogen) atoms. The summed E-state index contributed by atoms with van der Waals surface area (Å²) in [5, 5.41) is 4.21. The van der Waals surface area contributed by atoms with Gasteiger partial charge in [-0.25, -0.2) is 4.98 Å². The molecule has 3 nitrogen and oxygen atoms in total. The second-order valence-corrected chi connectivity index (χ2v) is 4.63. The third kappa shape index (κ3) is 4.05. The predicted molar refractivity (Wildman–Crippen MR) is 61.8 cm³/mol. The summed E-state index contributed by atoms with van der Waals surface area (Å²) in [5.74, 6) is 1.72. The number of anilines is 1. The molecule has 0 saturated carbocycles. The van der Waals surface area contributed by atoms with Gasteiger partial charge in [0.15, 0.2) is 0 Å². The lowest BCUT2D eigenvalue weighted by atomic mass is 10.1. The Morgan fingerprint density at radius 2 is 2.21 bits per heavy atom. The van der Waals surface area contributed by atoms with Crippen molar-refractivity contribution in [2.24, 2.45) is 5.92 Å². The fourth-order valence-corrected chi connectivity index (χ4v) is 1.71. The highest BCUT2D eigenvalue weighted by Gasteiger charge is 2.03. The molecular weight excluding hydrogens is 194 g/mol. The molecule has 1 rings (SSSR count). The Balaban J connectivity index is 2.35. The molecule has 1 aromatic heterocycles.